The van der Waals surface area contributed by atoms with Gasteiger partial charge in [0.25, 0.3) is 0 Å². The van der Waals surface area contributed by atoms with Crippen LogP contribution >= 0.6 is 0 Å². The van der Waals surface area contributed by atoms with Gasteiger partial charge in [-0.2, -0.15) is 0 Å². The van der Waals surface area contributed by atoms with Crippen LogP contribution in [-0.2, 0) is 17.6 Å². The van der Waals surface area contributed by atoms with Crippen molar-refractivity contribution in [3.8, 4) is 0 Å². The highest BCUT2D eigenvalue weighted by molar-refractivity contribution is 5.99. The van der Waals surface area contributed by atoms with Crippen LogP contribution in [0.25, 0.3) is 0 Å². The minimum atomic E-state index is -0.628. The van der Waals surface area contributed by atoms with Crippen molar-refractivity contribution in [2.24, 2.45) is 0 Å². The van der Waals surface area contributed by atoms with E-state index in [1.165, 1.54) is 6.07 Å². The molecule has 0 atom stereocenters. The summed E-state index contributed by atoms with van der Waals surface area (Å²) in [5, 5.41) is 12.3. The summed E-state index contributed by atoms with van der Waals surface area (Å²) in [6.45, 7) is 0. The zero-order chi connectivity index (χ0) is 11.3. The number of rotatable bonds is 2. The molecule has 3 rings (SSSR count). The quantitative estimate of drug-likeness (QED) is 0.792. The fraction of sp³-hybridized carbons (Fsp3) is 0.417. The van der Waals surface area contributed by atoms with E-state index in [1.807, 2.05) is 6.07 Å². The lowest BCUT2D eigenvalue weighted by molar-refractivity contribution is -0.115. The smallest absolute Gasteiger partial charge is 0.228 e. The maximum Gasteiger partial charge on any atom is 0.228 e. The van der Waals surface area contributed by atoms with Gasteiger partial charge in [0.15, 0.2) is 0 Å². The fourth-order valence-corrected chi connectivity index (χ4v) is 2.17. The zero-order valence-corrected chi connectivity index (χ0v) is 8.72. The lowest BCUT2D eigenvalue weighted by Gasteiger charge is -2.09. The monoisotopic (exact) mass is 221 g/mol. The molecule has 1 saturated carbocycles. The lowest BCUT2D eigenvalue weighted by Crippen LogP contribution is -2.11. The Balaban J connectivity index is 1.94. The Morgan fingerprint density at radius 1 is 1.44 bits per heavy atom. The number of aliphatic hydroxyl groups is 1. The second kappa shape index (κ2) is 3.04. The van der Waals surface area contributed by atoms with Crippen LogP contribution in [0.15, 0.2) is 12.1 Å². The van der Waals surface area contributed by atoms with Crippen LogP contribution in [0.4, 0.5) is 10.1 Å². The van der Waals surface area contributed by atoms with E-state index in [-0.39, 0.29) is 12.3 Å². The van der Waals surface area contributed by atoms with Crippen LogP contribution in [0.3, 0.4) is 0 Å². The Labute approximate surface area is 92.3 Å². The van der Waals surface area contributed by atoms with Crippen molar-refractivity contribution in [3.63, 3.8) is 0 Å². The first kappa shape index (κ1) is 9.78. The highest BCUT2D eigenvalue weighted by atomic mass is 19.1. The topological polar surface area (TPSA) is 49.3 Å². The number of nitrogens with one attached hydrogen (secondary N) is 1. The number of halogens is 1. The molecule has 0 bridgehead atoms. The van der Waals surface area contributed by atoms with Gasteiger partial charge in [0.2, 0.25) is 5.91 Å². The second-order valence-electron chi connectivity index (χ2n) is 4.74. The summed E-state index contributed by atoms with van der Waals surface area (Å²) in [7, 11) is 0. The van der Waals surface area contributed by atoms with E-state index in [0.29, 0.717) is 17.7 Å². The number of carbonyl (C=O) groups excluding carboxylic acids is 1. The van der Waals surface area contributed by atoms with Gasteiger partial charge in [-0.1, -0.05) is 6.07 Å². The molecule has 4 heteroatoms. The largest absolute Gasteiger partial charge is 0.390 e. The summed E-state index contributed by atoms with van der Waals surface area (Å²) in [6.07, 6.45) is 2.27. The van der Waals surface area contributed by atoms with Crippen LogP contribution in [0.1, 0.15) is 24.0 Å². The number of anilines is 1. The van der Waals surface area contributed by atoms with Gasteiger partial charge in [0.05, 0.1) is 17.7 Å². The molecule has 1 aromatic carbocycles. The fourth-order valence-electron chi connectivity index (χ4n) is 2.17. The molecule has 84 valence electrons. The molecule has 0 unspecified atom stereocenters. The molecule has 16 heavy (non-hydrogen) atoms. The molecule has 1 aliphatic carbocycles. The Morgan fingerprint density at radius 2 is 2.19 bits per heavy atom. The van der Waals surface area contributed by atoms with Crippen molar-refractivity contribution in [2.45, 2.75) is 31.3 Å². The summed E-state index contributed by atoms with van der Waals surface area (Å²) in [6, 6.07) is 3.22. The van der Waals surface area contributed by atoms with Gasteiger partial charge in [-0.05, 0) is 30.0 Å². The third kappa shape index (κ3) is 1.59. The summed E-state index contributed by atoms with van der Waals surface area (Å²) in [5.74, 6) is -0.571. The summed E-state index contributed by atoms with van der Waals surface area (Å²) in [5.41, 5.74) is 1.14. The molecule has 0 radical (unpaired) electrons. The Hall–Kier alpha value is -1.42. The Morgan fingerprint density at radius 3 is 2.88 bits per heavy atom. The normalized spacial score (nSPS) is 20.5. The molecule has 1 amide bonds. The molecule has 1 heterocycles. The first-order chi connectivity index (χ1) is 7.56. The number of benzene rings is 1. The van der Waals surface area contributed by atoms with Crippen molar-refractivity contribution < 1.29 is 14.3 Å². The number of fused-ring (bicyclic) bond motifs is 1. The maximum absolute atomic E-state index is 13.6. The van der Waals surface area contributed by atoms with Crippen molar-refractivity contribution in [2.75, 3.05) is 5.32 Å². The molecule has 0 spiro atoms. The molecule has 0 saturated heterocycles. The second-order valence-corrected chi connectivity index (χ2v) is 4.74. The predicted octanol–water partition coefficient (Wildman–Crippen LogP) is 1.39. The van der Waals surface area contributed by atoms with Gasteiger partial charge in [0.1, 0.15) is 5.82 Å². The first-order valence-electron chi connectivity index (χ1n) is 5.39. The van der Waals surface area contributed by atoms with E-state index >= 15 is 0 Å². The third-order valence-corrected chi connectivity index (χ3v) is 3.21. The zero-order valence-electron chi connectivity index (χ0n) is 8.72. The predicted molar refractivity (Wildman–Crippen MR) is 56.6 cm³/mol. The van der Waals surface area contributed by atoms with Crippen LogP contribution in [-0.4, -0.2) is 16.6 Å². The number of hydrogen-bond donors (Lipinski definition) is 2. The standard InChI is InChI=1S/C12H12FNO2/c13-9-4-7(6-12(16)1-2-12)3-8-5-10(15)14-11(8)9/h3-4,16H,1-2,5-6H2,(H,14,15). The van der Waals surface area contributed by atoms with Gasteiger partial charge in [-0.3, -0.25) is 4.79 Å². The maximum atomic E-state index is 13.6. The van der Waals surface area contributed by atoms with Crippen LogP contribution in [0, 0.1) is 5.82 Å². The van der Waals surface area contributed by atoms with Crippen molar-refractivity contribution >= 4 is 11.6 Å². The van der Waals surface area contributed by atoms with E-state index in [9.17, 15) is 14.3 Å². The molecular formula is C12H12FNO2. The highest BCUT2D eigenvalue weighted by Crippen LogP contribution is 2.39. The number of carbonyl (C=O) groups is 1. The summed E-state index contributed by atoms with van der Waals surface area (Å²) in [4.78, 5) is 11.1. The van der Waals surface area contributed by atoms with Crippen LogP contribution < -0.4 is 5.32 Å². The van der Waals surface area contributed by atoms with Crippen LogP contribution in [0.2, 0.25) is 0 Å². The molecule has 3 nitrogen and oxygen atoms in total. The minimum Gasteiger partial charge on any atom is -0.390 e. The number of amides is 1. The SMILES string of the molecule is O=C1Cc2cc(CC3(O)CC3)cc(F)c2N1. The summed E-state index contributed by atoms with van der Waals surface area (Å²) >= 11 is 0. The third-order valence-electron chi connectivity index (χ3n) is 3.21. The van der Waals surface area contributed by atoms with Gasteiger partial charge in [-0.25, -0.2) is 4.39 Å². The minimum absolute atomic E-state index is 0.170. The summed E-state index contributed by atoms with van der Waals surface area (Å²) < 4.78 is 13.6. The first-order valence-corrected chi connectivity index (χ1v) is 5.39. The van der Waals surface area contributed by atoms with E-state index < -0.39 is 11.4 Å². The average Bonchev–Trinajstić information content (AvgIpc) is 2.76. The highest BCUT2D eigenvalue weighted by Gasteiger charge is 2.40. The van der Waals surface area contributed by atoms with Gasteiger partial charge in [0, 0.05) is 6.42 Å². The average molecular weight is 221 g/mol. The molecule has 2 aliphatic rings. The number of hydrogen-bond acceptors (Lipinski definition) is 2. The molecule has 2 N–H and O–H groups in total. The van der Waals surface area contributed by atoms with Crippen molar-refractivity contribution in [3.05, 3.63) is 29.1 Å². The molecular weight excluding hydrogens is 209 g/mol. The van der Waals surface area contributed by atoms with Crippen molar-refractivity contribution in [1.29, 1.82) is 0 Å². The van der Waals surface area contributed by atoms with E-state index in [4.69, 9.17) is 0 Å². The van der Waals surface area contributed by atoms with E-state index in [1.54, 1.807) is 0 Å². The van der Waals surface area contributed by atoms with Crippen LogP contribution in [0.5, 0.6) is 0 Å². The Bertz CT molecular complexity index is 480. The molecule has 1 aliphatic heterocycles. The molecule has 1 aromatic rings. The molecule has 0 aromatic heterocycles. The van der Waals surface area contributed by atoms with Gasteiger partial charge in [-0.15, -0.1) is 0 Å². The Kier molecular flexibility index (Phi) is 1.86. The van der Waals surface area contributed by atoms with Gasteiger partial charge >= 0.3 is 0 Å². The van der Waals surface area contributed by atoms with Gasteiger partial charge < -0.3 is 10.4 Å². The van der Waals surface area contributed by atoms with E-state index in [0.717, 1.165) is 18.4 Å². The van der Waals surface area contributed by atoms with Crippen molar-refractivity contribution in [1.82, 2.24) is 0 Å². The lowest BCUT2D eigenvalue weighted by atomic mass is 10.0. The van der Waals surface area contributed by atoms with E-state index in [2.05, 4.69) is 5.32 Å². The molecule has 1 fully saturated rings.